The Morgan fingerprint density at radius 1 is 1.30 bits per heavy atom. The van der Waals surface area contributed by atoms with E-state index in [2.05, 4.69) is 4.18 Å². The van der Waals surface area contributed by atoms with E-state index >= 15 is 0 Å². The fraction of sp³-hybridized carbons (Fsp3) is 0.455. The maximum absolute atomic E-state index is 12.2. The minimum absolute atomic E-state index is 0. The van der Waals surface area contributed by atoms with E-state index in [9.17, 15) is 21.6 Å². The Morgan fingerprint density at radius 3 is 2.25 bits per heavy atom. The van der Waals surface area contributed by atoms with Crippen LogP contribution < -0.4 is 4.18 Å². The fourth-order valence-corrected chi connectivity index (χ4v) is 1.93. The molecule has 0 unspecified atom stereocenters. The van der Waals surface area contributed by atoms with Crippen LogP contribution in [-0.2, 0) is 16.7 Å². The average molecular weight is 525 g/mol. The molecule has 0 saturated heterocycles. The van der Waals surface area contributed by atoms with Gasteiger partial charge >= 0.3 is 15.6 Å². The van der Waals surface area contributed by atoms with Crippen LogP contribution in [0.3, 0.4) is 0 Å². The molecule has 4 nitrogen and oxygen atoms in total. The second-order valence-electron chi connectivity index (χ2n) is 4.16. The molecule has 1 aromatic rings. The van der Waals surface area contributed by atoms with E-state index in [1.807, 2.05) is 0 Å². The number of aliphatic hydroxyl groups excluding tert-OH is 1. The van der Waals surface area contributed by atoms with Crippen LogP contribution in [0.2, 0.25) is 0 Å². The van der Waals surface area contributed by atoms with Crippen molar-refractivity contribution in [3.63, 3.8) is 0 Å². The van der Waals surface area contributed by atoms with Gasteiger partial charge in [0.2, 0.25) is 0 Å². The van der Waals surface area contributed by atoms with E-state index in [0.717, 1.165) is 6.07 Å². The van der Waals surface area contributed by atoms with E-state index in [0.29, 0.717) is 11.1 Å². The maximum atomic E-state index is 12.2. The molecule has 0 aliphatic carbocycles. The van der Waals surface area contributed by atoms with Gasteiger partial charge in [-0.25, -0.2) is 0 Å². The van der Waals surface area contributed by atoms with Crippen molar-refractivity contribution in [2.75, 3.05) is 0 Å². The van der Waals surface area contributed by atoms with Crippen LogP contribution in [0.4, 0.5) is 13.2 Å². The minimum Gasteiger partial charge on any atom is -0.392 e. The number of aliphatic hydroxyl groups is 1. The van der Waals surface area contributed by atoms with Gasteiger partial charge in [-0.15, -0.1) is 0 Å². The molecule has 0 aromatic heterocycles. The molecular formula is C11H13AcF3O4S. The van der Waals surface area contributed by atoms with Gasteiger partial charge in [0.25, 0.3) is 0 Å². The first kappa shape index (κ1) is 20.2. The van der Waals surface area contributed by atoms with Crippen molar-refractivity contribution in [3.05, 3.63) is 29.3 Å². The van der Waals surface area contributed by atoms with Crippen LogP contribution in [0.25, 0.3) is 0 Å². The summed E-state index contributed by atoms with van der Waals surface area (Å²) >= 11 is 0. The van der Waals surface area contributed by atoms with Gasteiger partial charge in [0.05, 0.1) is 6.61 Å². The molecule has 1 aromatic carbocycles. The molecule has 0 fully saturated rings. The number of hydrogen-bond acceptors (Lipinski definition) is 4. The molecule has 0 bridgehead atoms. The largest absolute Gasteiger partial charge is 0.534 e. The summed E-state index contributed by atoms with van der Waals surface area (Å²) in [7, 11) is -5.68. The van der Waals surface area contributed by atoms with Gasteiger partial charge in [0, 0.05) is 44.1 Å². The Balaban J connectivity index is 0.00000361. The number of benzene rings is 1. The van der Waals surface area contributed by atoms with E-state index in [-0.39, 0.29) is 56.6 Å². The summed E-state index contributed by atoms with van der Waals surface area (Å²) in [5.74, 6) is -0.530. The molecule has 0 aliphatic heterocycles. The van der Waals surface area contributed by atoms with Crippen LogP contribution in [0, 0.1) is 44.1 Å². The van der Waals surface area contributed by atoms with Gasteiger partial charge in [-0.2, -0.15) is 21.6 Å². The summed E-state index contributed by atoms with van der Waals surface area (Å²) in [4.78, 5) is 0. The quantitative estimate of drug-likeness (QED) is 0.485. The van der Waals surface area contributed by atoms with E-state index in [1.165, 1.54) is 12.1 Å². The zero-order valence-electron chi connectivity index (χ0n) is 10.8. The Morgan fingerprint density at radius 2 is 1.85 bits per heavy atom. The molecular weight excluding hydrogens is 512 g/mol. The molecule has 0 saturated carbocycles. The van der Waals surface area contributed by atoms with Gasteiger partial charge in [-0.3, -0.25) is 0 Å². The van der Waals surface area contributed by atoms with Crippen molar-refractivity contribution < 1.29 is 74.9 Å². The van der Waals surface area contributed by atoms with Crippen LogP contribution in [-0.4, -0.2) is 19.0 Å². The second-order valence-corrected chi connectivity index (χ2v) is 5.69. The van der Waals surface area contributed by atoms with Crippen molar-refractivity contribution in [2.24, 2.45) is 0 Å². The third kappa shape index (κ3) is 4.86. The summed E-state index contributed by atoms with van der Waals surface area (Å²) in [6.07, 6.45) is 0. The van der Waals surface area contributed by atoms with Crippen LogP contribution in [0.5, 0.6) is 5.75 Å². The fourth-order valence-electron chi connectivity index (χ4n) is 1.48. The minimum atomic E-state index is -5.68. The number of rotatable bonds is 4. The van der Waals surface area contributed by atoms with Gasteiger partial charge in [0.15, 0.2) is 0 Å². The Labute approximate surface area is 151 Å². The third-order valence-corrected chi connectivity index (χ3v) is 3.38. The molecule has 1 rings (SSSR count). The normalized spacial score (nSPS) is 12.2. The molecule has 0 spiro atoms. The van der Waals surface area contributed by atoms with Crippen LogP contribution in [0.15, 0.2) is 18.2 Å². The molecule has 1 N–H and O–H groups in total. The van der Waals surface area contributed by atoms with Crippen LogP contribution >= 0.6 is 0 Å². The van der Waals surface area contributed by atoms with E-state index in [1.54, 1.807) is 13.8 Å². The smallest absolute Gasteiger partial charge is 0.392 e. The topological polar surface area (TPSA) is 63.6 Å². The summed E-state index contributed by atoms with van der Waals surface area (Å²) < 4.78 is 62.3. The van der Waals surface area contributed by atoms with Gasteiger partial charge < -0.3 is 9.29 Å². The van der Waals surface area contributed by atoms with Gasteiger partial charge in [0.1, 0.15) is 5.75 Å². The molecule has 0 atom stereocenters. The summed E-state index contributed by atoms with van der Waals surface area (Å²) in [5, 5.41) is 9.08. The SMILES string of the molecule is CC(C)c1cc(OS(=O)(=O)C(F)(F)F)ccc1CO.[Ac]. The molecule has 9 heteroatoms. The van der Waals surface area contributed by atoms with Crippen molar-refractivity contribution in [1.82, 2.24) is 0 Å². The zero-order chi connectivity index (χ0) is 14.8. The maximum Gasteiger partial charge on any atom is 0.534 e. The number of alkyl halides is 3. The standard InChI is InChI=1S/C11H13F3O4S.Ac/c1-7(2)10-5-9(4-3-8(10)6-15)18-19(16,17)11(12,13)14;/h3-5,7,15H,6H2,1-2H3;. The summed E-state index contributed by atoms with van der Waals surface area (Å²) in [6.45, 7) is 3.23. The predicted octanol–water partition coefficient (Wildman–Crippen LogP) is 2.53. The van der Waals surface area contributed by atoms with E-state index < -0.39 is 21.4 Å². The number of hydrogen-bond donors (Lipinski definition) is 1. The summed E-state index contributed by atoms with van der Waals surface area (Å²) in [6, 6.07) is 3.58. The Hall–Kier alpha value is 0.162. The second kappa shape index (κ2) is 7.43. The molecule has 0 amide bonds. The Kier molecular flexibility index (Phi) is 7.49. The molecule has 0 aliphatic rings. The van der Waals surface area contributed by atoms with Crippen molar-refractivity contribution in [2.45, 2.75) is 31.9 Å². The van der Waals surface area contributed by atoms with Crippen molar-refractivity contribution in [3.8, 4) is 5.75 Å². The summed E-state index contributed by atoms with van der Waals surface area (Å²) in [5.41, 5.74) is -4.44. The zero-order valence-corrected chi connectivity index (χ0v) is 16.4. The Bertz CT molecular complexity index is 555. The van der Waals surface area contributed by atoms with Crippen molar-refractivity contribution in [1.29, 1.82) is 0 Å². The first-order valence-electron chi connectivity index (χ1n) is 5.33. The molecule has 111 valence electrons. The number of halogens is 3. The van der Waals surface area contributed by atoms with E-state index in [4.69, 9.17) is 5.11 Å². The van der Waals surface area contributed by atoms with Crippen LogP contribution in [0.1, 0.15) is 30.9 Å². The predicted molar refractivity (Wildman–Crippen MR) is 62.1 cm³/mol. The van der Waals surface area contributed by atoms with Gasteiger partial charge in [-0.05, 0) is 29.2 Å². The molecule has 0 heterocycles. The third-order valence-electron chi connectivity index (χ3n) is 2.40. The van der Waals surface area contributed by atoms with Gasteiger partial charge in [-0.1, -0.05) is 19.9 Å². The average Bonchev–Trinajstić information content (AvgIpc) is 2.26. The molecule has 20 heavy (non-hydrogen) atoms. The first-order chi connectivity index (χ1) is 8.58. The van der Waals surface area contributed by atoms with Crippen molar-refractivity contribution >= 4 is 10.1 Å². The monoisotopic (exact) mass is 525 g/mol. The molecule has 1 radical (unpaired) electrons. The first-order valence-corrected chi connectivity index (χ1v) is 6.73.